The number of benzene rings is 1. The number of ether oxygens (including phenoxy) is 2. The second kappa shape index (κ2) is 9.45. The van der Waals surface area contributed by atoms with Gasteiger partial charge in [0.15, 0.2) is 5.11 Å². The van der Waals surface area contributed by atoms with Crippen molar-refractivity contribution >= 4 is 29.1 Å². The predicted octanol–water partition coefficient (Wildman–Crippen LogP) is 4.11. The molecule has 2 aliphatic rings. The van der Waals surface area contributed by atoms with Crippen molar-refractivity contribution in [2.75, 3.05) is 31.6 Å². The number of carbonyl (C=O) groups excluding carboxylic acids is 1. The molecular weight excluding hydrogens is 374 g/mol. The lowest BCUT2D eigenvalue weighted by Gasteiger charge is -2.39. The van der Waals surface area contributed by atoms with Crippen LogP contribution in [0.15, 0.2) is 24.3 Å². The van der Waals surface area contributed by atoms with Crippen LogP contribution < -0.4 is 10.1 Å². The van der Waals surface area contributed by atoms with E-state index in [1.54, 1.807) is 0 Å². The molecule has 0 aliphatic carbocycles. The molecule has 3 rings (SSSR count). The highest BCUT2D eigenvalue weighted by Crippen LogP contribution is 2.28. The van der Waals surface area contributed by atoms with Crippen molar-refractivity contribution in [1.82, 2.24) is 9.80 Å². The number of hydrogen-bond acceptors (Lipinski definition) is 4. The lowest BCUT2D eigenvalue weighted by molar-refractivity contribution is 0.120. The molecule has 0 aromatic heterocycles. The van der Waals surface area contributed by atoms with Crippen LogP contribution in [0.25, 0.3) is 0 Å². The Labute approximate surface area is 173 Å². The molecule has 1 amide bonds. The van der Waals surface area contributed by atoms with Crippen LogP contribution in [0.2, 0.25) is 0 Å². The Balaban J connectivity index is 1.56. The van der Waals surface area contributed by atoms with Crippen LogP contribution >= 0.6 is 12.2 Å². The Kier molecular flexibility index (Phi) is 6.99. The van der Waals surface area contributed by atoms with E-state index in [1.807, 2.05) is 36.1 Å². The fourth-order valence-electron chi connectivity index (χ4n) is 4.04. The van der Waals surface area contributed by atoms with Crippen LogP contribution in [0.5, 0.6) is 5.75 Å². The molecule has 28 heavy (non-hydrogen) atoms. The summed E-state index contributed by atoms with van der Waals surface area (Å²) in [5.74, 6) is 1.35. The van der Waals surface area contributed by atoms with E-state index in [2.05, 4.69) is 24.1 Å². The van der Waals surface area contributed by atoms with Gasteiger partial charge in [0, 0.05) is 19.1 Å². The molecule has 6 nitrogen and oxygen atoms in total. The van der Waals surface area contributed by atoms with E-state index in [0.717, 1.165) is 43.8 Å². The smallest absolute Gasteiger partial charge is 0.410 e. The summed E-state index contributed by atoms with van der Waals surface area (Å²) in [5, 5.41) is 4.02. The highest BCUT2D eigenvalue weighted by Gasteiger charge is 2.39. The van der Waals surface area contributed by atoms with Gasteiger partial charge in [0.2, 0.25) is 0 Å². The Morgan fingerprint density at radius 1 is 1.32 bits per heavy atom. The quantitative estimate of drug-likeness (QED) is 0.719. The molecule has 1 aromatic rings. The second-order valence-electron chi connectivity index (χ2n) is 7.85. The minimum Gasteiger partial charge on any atom is -0.492 e. The molecule has 1 atom stereocenters. The zero-order chi connectivity index (χ0) is 20.1. The van der Waals surface area contributed by atoms with Gasteiger partial charge in [0.05, 0.1) is 18.3 Å². The van der Waals surface area contributed by atoms with Crippen LogP contribution in [-0.2, 0) is 4.74 Å². The standard InChI is InChI=1S/C21H31N3O3S/c1-4-26-19-8-6-5-7-18(19)22-20(28)23-11-9-16(10-12-23)24-17(13-15(2)3)14-27-21(24)25/h5-8,15-17H,4,9-14H2,1-3H3,(H,22,28). The zero-order valence-electron chi connectivity index (χ0n) is 17.0. The molecule has 0 bridgehead atoms. The van der Waals surface area contributed by atoms with Gasteiger partial charge in [-0.1, -0.05) is 26.0 Å². The average Bonchev–Trinajstić information content (AvgIpc) is 3.03. The summed E-state index contributed by atoms with van der Waals surface area (Å²) in [6.07, 6.45) is 2.63. The first-order valence-electron chi connectivity index (χ1n) is 10.2. The summed E-state index contributed by atoms with van der Waals surface area (Å²) in [6.45, 7) is 9.13. The minimum atomic E-state index is -0.157. The van der Waals surface area contributed by atoms with E-state index in [4.69, 9.17) is 21.7 Å². The van der Waals surface area contributed by atoms with E-state index in [1.165, 1.54) is 0 Å². The number of nitrogens with one attached hydrogen (secondary N) is 1. The number of piperidine rings is 1. The van der Waals surface area contributed by atoms with Gasteiger partial charge in [-0.2, -0.15) is 0 Å². The van der Waals surface area contributed by atoms with Gasteiger partial charge >= 0.3 is 6.09 Å². The van der Waals surface area contributed by atoms with Gasteiger partial charge < -0.3 is 19.7 Å². The van der Waals surface area contributed by atoms with Crippen molar-refractivity contribution in [3.8, 4) is 5.75 Å². The molecule has 2 saturated heterocycles. The third-order valence-corrected chi connectivity index (χ3v) is 5.68. The summed E-state index contributed by atoms with van der Waals surface area (Å²) in [5.41, 5.74) is 0.886. The molecule has 0 spiro atoms. The van der Waals surface area contributed by atoms with Crippen LogP contribution in [0.3, 0.4) is 0 Å². The lowest BCUT2D eigenvalue weighted by Crippen LogP contribution is -2.50. The molecule has 1 aromatic carbocycles. The number of thiocarbonyl (C=S) groups is 1. The summed E-state index contributed by atoms with van der Waals surface area (Å²) < 4.78 is 11.0. The second-order valence-corrected chi connectivity index (χ2v) is 8.23. The first-order valence-corrected chi connectivity index (χ1v) is 10.6. The lowest BCUT2D eigenvalue weighted by atomic mass is 9.98. The number of cyclic esters (lactones) is 1. The molecule has 2 heterocycles. The minimum absolute atomic E-state index is 0.157. The van der Waals surface area contributed by atoms with Crippen LogP contribution in [0.4, 0.5) is 10.5 Å². The van der Waals surface area contributed by atoms with E-state index < -0.39 is 0 Å². The predicted molar refractivity (Wildman–Crippen MR) is 115 cm³/mol. The van der Waals surface area contributed by atoms with Gasteiger partial charge in [-0.05, 0) is 56.5 Å². The number of anilines is 1. The third-order valence-electron chi connectivity index (χ3n) is 5.32. The maximum Gasteiger partial charge on any atom is 0.410 e. The van der Waals surface area contributed by atoms with Gasteiger partial charge in [-0.25, -0.2) is 4.79 Å². The molecule has 1 N–H and O–H groups in total. The van der Waals surface area contributed by atoms with E-state index in [-0.39, 0.29) is 18.2 Å². The summed E-state index contributed by atoms with van der Waals surface area (Å²) in [6, 6.07) is 8.26. The number of nitrogens with zero attached hydrogens (tertiary/aromatic N) is 2. The number of para-hydroxylation sites is 2. The van der Waals surface area contributed by atoms with Crippen LogP contribution in [-0.4, -0.2) is 59.4 Å². The van der Waals surface area contributed by atoms with Gasteiger partial charge in [0.25, 0.3) is 0 Å². The maximum absolute atomic E-state index is 12.3. The fourth-order valence-corrected chi connectivity index (χ4v) is 4.33. The SMILES string of the molecule is CCOc1ccccc1NC(=S)N1CCC(N2C(=O)OCC2CC(C)C)CC1. The Morgan fingerprint density at radius 3 is 2.71 bits per heavy atom. The monoisotopic (exact) mass is 405 g/mol. The zero-order valence-corrected chi connectivity index (χ0v) is 17.8. The fraction of sp³-hybridized carbons (Fsp3) is 0.619. The number of rotatable bonds is 6. The highest BCUT2D eigenvalue weighted by molar-refractivity contribution is 7.80. The molecule has 7 heteroatoms. The van der Waals surface area contributed by atoms with Crippen molar-refractivity contribution in [2.24, 2.45) is 5.92 Å². The molecule has 2 fully saturated rings. The Hall–Kier alpha value is -2.02. The van der Waals surface area contributed by atoms with Gasteiger partial charge in [-0.15, -0.1) is 0 Å². The van der Waals surface area contributed by atoms with E-state index >= 15 is 0 Å². The number of amides is 1. The first kappa shape index (κ1) is 20.7. The van der Waals surface area contributed by atoms with Crippen molar-refractivity contribution in [3.05, 3.63) is 24.3 Å². The Bertz CT molecular complexity index is 689. The van der Waals surface area contributed by atoms with Crippen LogP contribution in [0, 0.1) is 5.92 Å². The Morgan fingerprint density at radius 2 is 2.04 bits per heavy atom. The number of hydrogen-bond donors (Lipinski definition) is 1. The number of carbonyl (C=O) groups is 1. The van der Waals surface area contributed by atoms with Crippen LogP contribution in [0.1, 0.15) is 40.0 Å². The molecule has 0 radical (unpaired) electrons. The normalized spacial score (nSPS) is 20.4. The van der Waals surface area contributed by atoms with E-state index in [9.17, 15) is 4.79 Å². The maximum atomic E-state index is 12.3. The molecular formula is C21H31N3O3S. The van der Waals surface area contributed by atoms with Crippen molar-refractivity contribution in [3.63, 3.8) is 0 Å². The summed E-state index contributed by atoms with van der Waals surface area (Å²) >= 11 is 5.63. The van der Waals surface area contributed by atoms with Gasteiger partial charge in [0.1, 0.15) is 12.4 Å². The summed E-state index contributed by atoms with van der Waals surface area (Å²) in [7, 11) is 0. The third kappa shape index (κ3) is 4.87. The molecule has 1 unspecified atom stereocenters. The number of likely N-dealkylation sites (tertiary alicyclic amines) is 1. The highest BCUT2D eigenvalue weighted by atomic mass is 32.1. The molecule has 2 aliphatic heterocycles. The molecule has 0 saturated carbocycles. The van der Waals surface area contributed by atoms with Crippen molar-refractivity contribution in [1.29, 1.82) is 0 Å². The molecule has 154 valence electrons. The summed E-state index contributed by atoms with van der Waals surface area (Å²) in [4.78, 5) is 16.4. The van der Waals surface area contributed by atoms with Crippen molar-refractivity contribution in [2.45, 2.75) is 52.1 Å². The van der Waals surface area contributed by atoms with Gasteiger partial charge in [-0.3, -0.25) is 4.90 Å². The topological polar surface area (TPSA) is 54.0 Å². The largest absolute Gasteiger partial charge is 0.492 e. The first-order chi connectivity index (χ1) is 13.5. The average molecular weight is 406 g/mol. The van der Waals surface area contributed by atoms with E-state index in [0.29, 0.717) is 24.2 Å². The van der Waals surface area contributed by atoms with Crippen molar-refractivity contribution < 1.29 is 14.3 Å².